The van der Waals surface area contributed by atoms with Crippen molar-refractivity contribution in [2.45, 2.75) is 135 Å². The Hall–Kier alpha value is -2.43. The average Bonchev–Trinajstić information content (AvgIpc) is 2.97. The minimum absolute atomic E-state index is 0.101. The van der Waals surface area contributed by atoms with Gasteiger partial charge in [-0.15, -0.1) is 0 Å². The van der Waals surface area contributed by atoms with Gasteiger partial charge in [0.05, 0.1) is 18.8 Å². The first-order valence-corrected chi connectivity index (χ1v) is 16.3. The van der Waals surface area contributed by atoms with E-state index in [1.165, 1.54) is 25.7 Å². The Kier molecular flexibility index (Phi) is 30.2. The first-order chi connectivity index (χ1) is 20.2. The molecular weight excluding hydrogens is 506 g/mol. The number of nitrogens with one attached hydrogen (secondary N) is 1. The number of allylic oxidation sites excluding steroid dienone is 14. The summed E-state index contributed by atoms with van der Waals surface area (Å²) in [6.45, 7) is 4.12. The van der Waals surface area contributed by atoms with Crippen LogP contribution in [0.4, 0.5) is 0 Å². The molecule has 0 heterocycles. The fraction of sp³-hybridized carbons (Fsp3) is 0.595. The first kappa shape index (κ1) is 38.6. The smallest absolute Gasteiger partial charge is 0.220 e. The lowest BCUT2D eigenvalue weighted by Gasteiger charge is -2.22. The number of hydrogen-bond donors (Lipinski definition) is 3. The lowest BCUT2D eigenvalue weighted by molar-refractivity contribution is -0.123. The Morgan fingerprint density at radius 3 is 1.51 bits per heavy atom. The van der Waals surface area contributed by atoms with Gasteiger partial charge in [-0.25, -0.2) is 0 Å². The van der Waals surface area contributed by atoms with E-state index in [1.54, 1.807) is 0 Å². The summed E-state index contributed by atoms with van der Waals surface area (Å²) in [4.78, 5) is 12.2. The fourth-order valence-corrected chi connectivity index (χ4v) is 4.17. The molecule has 0 aliphatic rings. The number of rotatable bonds is 27. The van der Waals surface area contributed by atoms with Crippen molar-refractivity contribution in [3.63, 3.8) is 0 Å². The highest BCUT2D eigenvalue weighted by atomic mass is 16.3. The summed E-state index contributed by atoms with van der Waals surface area (Å²) >= 11 is 0. The Morgan fingerprint density at radius 2 is 1.05 bits per heavy atom. The second kappa shape index (κ2) is 32.1. The lowest BCUT2D eigenvalue weighted by Crippen LogP contribution is -2.45. The number of hydrogen-bond acceptors (Lipinski definition) is 3. The SMILES string of the molecule is CC/C=C\C/C=C\C/C=C\C/C=C\C/C=C\C/C=C\C/C=C\CCCC(=O)NC(CO)C(O)CCCCCCCC. The van der Waals surface area contributed by atoms with E-state index >= 15 is 0 Å². The van der Waals surface area contributed by atoms with E-state index in [0.717, 1.165) is 70.6 Å². The maximum absolute atomic E-state index is 12.2. The zero-order valence-electron chi connectivity index (χ0n) is 26.3. The Balaban J connectivity index is 3.78. The van der Waals surface area contributed by atoms with Crippen LogP contribution in [-0.2, 0) is 4.79 Å². The minimum Gasteiger partial charge on any atom is -0.394 e. The molecule has 4 heteroatoms. The van der Waals surface area contributed by atoms with Crippen molar-refractivity contribution in [1.82, 2.24) is 5.32 Å². The van der Waals surface area contributed by atoms with E-state index in [-0.39, 0.29) is 12.5 Å². The standard InChI is InChI=1S/C37H61NO3/c1-3-5-7-9-11-12-13-14-15-16-17-18-19-20-21-22-23-24-25-26-27-29-31-33-37(41)38-35(34-39)36(40)32-30-28-10-8-6-4-2/h5,7,11-12,14-15,17-18,20-21,23-24,26-27,35-36,39-40H,3-4,6,8-10,13,16,19,22,25,28-34H2,1-2H3,(H,38,41)/b7-5-,12-11-,15-14-,18-17-,21-20-,24-23-,27-26-. The van der Waals surface area contributed by atoms with Crippen LogP contribution < -0.4 is 5.32 Å². The molecule has 1 amide bonds. The molecular formula is C37H61NO3. The molecule has 0 saturated carbocycles. The monoisotopic (exact) mass is 567 g/mol. The number of carbonyl (C=O) groups excluding carboxylic acids is 1. The van der Waals surface area contributed by atoms with E-state index in [2.05, 4.69) is 104 Å². The van der Waals surface area contributed by atoms with Gasteiger partial charge >= 0.3 is 0 Å². The van der Waals surface area contributed by atoms with E-state index in [4.69, 9.17) is 0 Å². The van der Waals surface area contributed by atoms with Crippen molar-refractivity contribution in [3.8, 4) is 0 Å². The molecule has 0 aliphatic carbocycles. The van der Waals surface area contributed by atoms with Crippen LogP contribution in [0.15, 0.2) is 85.1 Å². The molecule has 0 rings (SSSR count). The molecule has 0 aromatic rings. The fourth-order valence-electron chi connectivity index (χ4n) is 4.17. The normalized spacial score (nSPS) is 14.3. The van der Waals surface area contributed by atoms with Gasteiger partial charge in [0.2, 0.25) is 5.91 Å². The van der Waals surface area contributed by atoms with Gasteiger partial charge in [0.15, 0.2) is 0 Å². The van der Waals surface area contributed by atoms with E-state index in [0.29, 0.717) is 12.8 Å². The summed E-state index contributed by atoms with van der Waals surface area (Å²) in [6, 6.07) is -0.568. The van der Waals surface area contributed by atoms with E-state index in [1.807, 2.05) is 0 Å². The van der Waals surface area contributed by atoms with E-state index < -0.39 is 12.1 Å². The Labute approximate surface area is 252 Å². The number of aliphatic hydroxyl groups is 2. The minimum atomic E-state index is -0.684. The largest absolute Gasteiger partial charge is 0.394 e. The van der Waals surface area contributed by atoms with Crippen molar-refractivity contribution in [3.05, 3.63) is 85.1 Å². The van der Waals surface area contributed by atoms with Crippen molar-refractivity contribution in [2.75, 3.05) is 6.61 Å². The number of unbranched alkanes of at least 4 members (excludes halogenated alkanes) is 6. The van der Waals surface area contributed by atoms with Crippen LogP contribution >= 0.6 is 0 Å². The lowest BCUT2D eigenvalue weighted by atomic mass is 10.0. The van der Waals surface area contributed by atoms with Gasteiger partial charge in [0, 0.05) is 6.42 Å². The molecule has 0 aliphatic heterocycles. The summed E-state index contributed by atoms with van der Waals surface area (Å²) in [7, 11) is 0. The van der Waals surface area contributed by atoms with E-state index in [9.17, 15) is 15.0 Å². The third-order valence-corrected chi connectivity index (χ3v) is 6.67. The van der Waals surface area contributed by atoms with Crippen molar-refractivity contribution in [1.29, 1.82) is 0 Å². The topological polar surface area (TPSA) is 69.6 Å². The summed E-state index contributed by atoms with van der Waals surface area (Å²) < 4.78 is 0. The second-order valence-electron chi connectivity index (χ2n) is 10.5. The number of aliphatic hydroxyl groups excluding tert-OH is 2. The highest BCUT2D eigenvalue weighted by Crippen LogP contribution is 2.11. The zero-order chi connectivity index (χ0) is 30.1. The summed E-state index contributed by atoms with van der Waals surface area (Å²) in [5.41, 5.74) is 0. The third kappa shape index (κ3) is 28.9. The van der Waals surface area contributed by atoms with Gasteiger partial charge in [-0.1, -0.05) is 137 Å². The van der Waals surface area contributed by atoms with Crippen LogP contribution in [0.5, 0.6) is 0 Å². The molecule has 0 fully saturated rings. The van der Waals surface area contributed by atoms with Crippen LogP contribution in [0.2, 0.25) is 0 Å². The van der Waals surface area contributed by atoms with Crippen LogP contribution in [0.1, 0.15) is 123 Å². The molecule has 0 saturated heterocycles. The van der Waals surface area contributed by atoms with Gasteiger partial charge < -0.3 is 15.5 Å². The molecule has 0 aromatic carbocycles. The quantitative estimate of drug-likeness (QED) is 0.0684. The molecule has 3 N–H and O–H groups in total. The maximum Gasteiger partial charge on any atom is 0.220 e. The van der Waals surface area contributed by atoms with Gasteiger partial charge in [-0.05, 0) is 64.2 Å². The van der Waals surface area contributed by atoms with Gasteiger partial charge in [0.1, 0.15) is 0 Å². The van der Waals surface area contributed by atoms with Crippen LogP contribution in [-0.4, -0.2) is 34.9 Å². The third-order valence-electron chi connectivity index (χ3n) is 6.67. The first-order valence-electron chi connectivity index (χ1n) is 16.3. The van der Waals surface area contributed by atoms with Gasteiger partial charge in [-0.2, -0.15) is 0 Å². The predicted octanol–water partition coefficient (Wildman–Crippen LogP) is 9.39. The molecule has 41 heavy (non-hydrogen) atoms. The molecule has 0 bridgehead atoms. The molecule has 0 radical (unpaired) electrons. The molecule has 232 valence electrons. The summed E-state index contributed by atoms with van der Waals surface area (Å²) in [6.07, 6.45) is 46.5. The van der Waals surface area contributed by atoms with Gasteiger partial charge in [0.25, 0.3) is 0 Å². The number of carbonyl (C=O) groups is 1. The van der Waals surface area contributed by atoms with Crippen LogP contribution in [0.3, 0.4) is 0 Å². The van der Waals surface area contributed by atoms with Gasteiger partial charge in [-0.3, -0.25) is 4.79 Å². The van der Waals surface area contributed by atoms with Crippen LogP contribution in [0.25, 0.3) is 0 Å². The number of amides is 1. The Morgan fingerprint density at radius 1 is 0.610 bits per heavy atom. The zero-order valence-corrected chi connectivity index (χ0v) is 26.3. The molecule has 2 unspecified atom stereocenters. The van der Waals surface area contributed by atoms with Crippen LogP contribution in [0, 0.1) is 0 Å². The van der Waals surface area contributed by atoms with Crippen molar-refractivity contribution < 1.29 is 15.0 Å². The second-order valence-corrected chi connectivity index (χ2v) is 10.5. The maximum atomic E-state index is 12.2. The van der Waals surface area contributed by atoms with Crippen molar-refractivity contribution >= 4 is 5.91 Å². The summed E-state index contributed by atoms with van der Waals surface area (Å²) in [5.74, 6) is -0.101. The highest BCUT2D eigenvalue weighted by Gasteiger charge is 2.19. The summed E-state index contributed by atoms with van der Waals surface area (Å²) in [5, 5.41) is 22.7. The predicted molar refractivity (Wildman–Crippen MR) is 179 cm³/mol. The highest BCUT2D eigenvalue weighted by molar-refractivity contribution is 5.76. The molecule has 0 spiro atoms. The molecule has 0 aromatic heterocycles. The van der Waals surface area contributed by atoms with Crippen molar-refractivity contribution in [2.24, 2.45) is 0 Å². The Bertz CT molecular complexity index is 788. The molecule has 2 atom stereocenters. The average molecular weight is 568 g/mol. The molecule has 4 nitrogen and oxygen atoms in total.